The summed E-state index contributed by atoms with van der Waals surface area (Å²) in [5.41, 5.74) is 1.52. The van der Waals surface area contributed by atoms with Crippen molar-refractivity contribution >= 4 is 17.0 Å². The first-order valence-electron chi connectivity index (χ1n) is 5.76. The molecule has 2 aromatic heterocycles. The Morgan fingerprint density at radius 3 is 2.75 bits per heavy atom. The van der Waals surface area contributed by atoms with E-state index in [1.54, 1.807) is 13.1 Å². The number of fused-ring (bicyclic) bond motifs is 1. The van der Waals surface area contributed by atoms with Crippen LogP contribution in [0.5, 0.6) is 0 Å². The standard InChI is InChI=1S/C13H9FN4O2/c1-6-4-16-10(5-15-6)12-17-9-3-7(14)2-8(13(19)20)11(9)18-12/h2-5H,1H3,(H,17,18)(H,19,20). The summed E-state index contributed by atoms with van der Waals surface area (Å²) in [6.45, 7) is 1.80. The highest BCUT2D eigenvalue weighted by Gasteiger charge is 2.16. The van der Waals surface area contributed by atoms with Gasteiger partial charge in [0.15, 0.2) is 5.82 Å². The van der Waals surface area contributed by atoms with Crippen LogP contribution in [0.25, 0.3) is 22.6 Å². The van der Waals surface area contributed by atoms with Crippen molar-refractivity contribution in [2.45, 2.75) is 6.92 Å². The van der Waals surface area contributed by atoms with Crippen LogP contribution in [0.1, 0.15) is 16.1 Å². The molecule has 0 saturated carbocycles. The zero-order valence-corrected chi connectivity index (χ0v) is 10.4. The van der Waals surface area contributed by atoms with Gasteiger partial charge in [0.2, 0.25) is 0 Å². The van der Waals surface area contributed by atoms with Gasteiger partial charge in [-0.3, -0.25) is 4.98 Å². The Bertz CT molecular complexity index is 811. The molecular weight excluding hydrogens is 263 g/mol. The minimum Gasteiger partial charge on any atom is -0.478 e. The van der Waals surface area contributed by atoms with E-state index >= 15 is 0 Å². The molecule has 6 nitrogen and oxygen atoms in total. The molecule has 0 aliphatic carbocycles. The molecule has 0 atom stereocenters. The predicted molar refractivity (Wildman–Crippen MR) is 68.8 cm³/mol. The van der Waals surface area contributed by atoms with E-state index in [2.05, 4.69) is 19.9 Å². The Morgan fingerprint density at radius 1 is 1.30 bits per heavy atom. The second kappa shape index (κ2) is 4.37. The second-order valence-electron chi connectivity index (χ2n) is 4.28. The fourth-order valence-electron chi connectivity index (χ4n) is 1.88. The van der Waals surface area contributed by atoms with Crippen molar-refractivity contribution in [1.82, 2.24) is 19.9 Å². The van der Waals surface area contributed by atoms with Crippen LogP contribution in [-0.4, -0.2) is 31.0 Å². The van der Waals surface area contributed by atoms with Gasteiger partial charge >= 0.3 is 5.97 Å². The fraction of sp³-hybridized carbons (Fsp3) is 0.0769. The van der Waals surface area contributed by atoms with Crippen LogP contribution in [0.3, 0.4) is 0 Å². The molecule has 20 heavy (non-hydrogen) atoms. The van der Waals surface area contributed by atoms with Crippen molar-refractivity contribution in [3.63, 3.8) is 0 Å². The van der Waals surface area contributed by atoms with Crippen LogP contribution in [0.4, 0.5) is 4.39 Å². The fourth-order valence-corrected chi connectivity index (χ4v) is 1.88. The molecular formula is C13H9FN4O2. The molecule has 2 N–H and O–H groups in total. The van der Waals surface area contributed by atoms with Crippen molar-refractivity contribution in [2.75, 3.05) is 0 Å². The molecule has 0 saturated heterocycles. The lowest BCUT2D eigenvalue weighted by molar-refractivity contribution is 0.0698. The Morgan fingerprint density at radius 2 is 2.10 bits per heavy atom. The van der Waals surface area contributed by atoms with Gasteiger partial charge in [-0.1, -0.05) is 0 Å². The molecule has 3 aromatic rings. The number of hydrogen-bond acceptors (Lipinski definition) is 4. The summed E-state index contributed by atoms with van der Waals surface area (Å²) in [7, 11) is 0. The molecule has 7 heteroatoms. The van der Waals surface area contributed by atoms with E-state index < -0.39 is 11.8 Å². The SMILES string of the molecule is Cc1cnc(-c2nc3c(C(=O)O)cc(F)cc3[nH]2)cn1. The topological polar surface area (TPSA) is 91.8 Å². The molecule has 0 bridgehead atoms. The number of nitrogens with zero attached hydrogens (tertiary/aromatic N) is 3. The number of imidazole rings is 1. The van der Waals surface area contributed by atoms with Crippen molar-refractivity contribution in [2.24, 2.45) is 0 Å². The van der Waals surface area contributed by atoms with Gasteiger partial charge < -0.3 is 10.1 Å². The van der Waals surface area contributed by atoms with Crippen molar-refractivity contribution in [3.05, 3.63) is 41.6 Å². The van der Waals surface area contributed by atoms with E-state index in [9.17, 15) is 9.18 Å². The van der Waals surface area contributed by atoms with E-state index in [-0.39, 0.29) is 11.1 Å². The van der Waals surface area contributed by atoms with Crippen LogP contribution >= 0.6 is 0 Å². The number of aromatic carboxylic acids is 1. The lowest BCUT2D eigenvalue weighted by Gasteiger charge is -1.95. The van der Waals surface area contributed by atoms with E-state index in [0.29, 0.717) is 17.0 Å². The molecule has 0 aliphatic heterocycles. The number of H-pyrrole nitrogens is 1. The summed E-state index contributed by atoms with van der Waals surface area (Å²) < 4.78 is 13.4. The number of aromatic amines is 1. The molecule has 0 aliphatic rings. The minimum absolute atomic E-state index is 0.191. The molecule has 1 aromatic carbocycles. The second-order valence-corrected chi connectivity index (χ2v) is 4.28. The van der Waals surface area contributed by atoms with Gasteiger partial charge in [0.1, 0.15) is 17.0 Å². The van der Waals surface area contributed by atoms with Gasteiger partial charge in [-0.05, 0) is 19.1 Å². The highest BCUT2D eigenvalue weighted by Crippen LogP contribution is 2.22. The number of hydrogen-bond donors (Lipinski definition) is 2. The molecule has 100 valence electrons. The van der Waals surface area contributed by atoms with Gasteiger partial charge in [0.05, 0.1) is 23.0 Å². The number of aromatic nitrogens is 4. The summed E-state index contributed by atoms with van der Waals surface area (Å²) in [6.07, 6.45) is 3.09. The molecule has 0 unspecified atom stereocenters. The van der Waals surface area contributed by atoms with Crippen LogP contribution in [-0.2, 0) is 0 Å². The number of nitrogens with one attached hydrogen (secondary N) is 1. The van der Waals surface area contributed by atoms with E-state index in [4.69, 9.17) is 5.11 Å². The van der Waals surface area contributed by atoms with Crippen molar-refractivity contribution < 1.29 is 14.3 Å². The number of carbonyl (C=O) groups is 1. The Balaban J connectivity index is 2.22. The molecule has 0 radical (unpaired) electrons. The Kier molecular flexibility index (Phi) is 2.67. The zero-order chi connectivity index (χ0) is 14.3. The highest BCUT2D eigenvalue weighted by atomic mass is 19.1. The van der Waals surface area contributed by atoms with Crippen LogP contribution in [0.2, 0.25) is 0 Å². The lowest BCUT2D eigenvalue weighted by Crippen LogP contribution is -1.98. The van der Waals surface area contributed by atoms with Gasteiger partial charge in [-0.2, -0.15) is 0 Å². The third-order valence-electron chi connectivity index (χ3n) is 2.81. The van der Waals surface area contributed by atoms with Gasteiger partial charge in [-0.25, -0.2) is 19.2 Å². The third kappa shape index (κ3) is 1.99. The molecule has 3 rings (SSSR count). The quantitative estimate of drug-likeness (QED) is 0.745. The average molecular weight is 272 g/mol. The summed E-state index contributed by atoms with van der Waals surface area (Å²) in [4.78, 5) is 26.4. The minimum atomic E-state index is -1.23. The summed E-state index contributed by atoms with van der Waals surface area (Å²) in [5.74, 6) is -1.52. The van der Waals surface area contributed by atoms with E-state index in [1.807, 2.05) is 0 Å². The number of carboxylic acids is 1. The molecule has 0 amide bonds. The average Bonchev–Trinajstić information content (AvgIpc) is 2.81. The number of carboxylic acid groups (broad SMARTS) is 1. The van der Waals surface area contributed by atoms with Gasteiger partial charge in [-0.15, -0.1) is 0 Å². The first kappa shape index (κ1) is 12.2. The smallest absolute Gasteiger partial charge is 0.338 e. The first-order valence-corrected chi connectivity index (χ1v) is 5.76. The number of halogens is 1. The number of rotatable bonds is 2. The highest BCUT2D eigenvalue weighted by molar-refractivity contribution is 6.01. The molecule has 0 spiro atoms. The Hall–Kier alpha value is -2.83. The summed E-state index contributed by atoms with van der Waals surface area (Å²) in [6, 6.07) is 2.13. The first-order chi connectivity index (χ1) is 9.54. The largest absolute Gasteiger partial charge is 0.478 e. The molecule has 2 heterocycles. The van der Waals surface area contributed by atoms with Gasteiger partial charge in [0.25, 0.3) is 0 Å². The van der Waals surface area contributed by atoms with Gasteiger partial charge in [0, 0.05) is 6.20 Å². The normalized spacial score (nSPS) is 10.9. The monoisotopic (exact) mass is 272 g/mol. The van der Waals surface area contributed by atoms with E-state index in [1.165, 1.54) is 12.3 Å². The maximum atomic E-state index is 13.4. The Labute approximate surface area is 112 Å². The van der Waals surface area contributed by atoms with Crippen molar-refractivity contribution in [3.8, 4) is 11.5 Å². The lowest BCUT2D eigenvalue weighted by atomic mass is 10.2. The third-order valence-corrected chi connectivity index (χ3v) is 2.81. The predicted octanol–water partition coefficient (Wildman–Crippen LogP) is 2.17. The summed E-state index contributed by atoms with van der Waals surface area (Å²) in [5, 5.41) is 9.07. The zero-order valence-electron chi connectivity index (χ0n) is 10.4. The maximum absolute atomic E-state index is 13.4. The van der Waals surface area contributed by atoms with Crippen molar-refractivity contribution in [1.29, 1.82) is 0 Å². The van der Waals surface area contributed by atoms with Crippen LogP contribution in [0, 0.1) is 12.7 Å². The van der Waals surface area contributed by atoms with E-state index in [0.717, 1.165) is 11.8 Å². The van der Waals surface area contributed by atoms with Crippen LogP contribution in [0.15, 0.2) is 24.5 Å². The summed E-state index contributed by atoms with van der Waals surface area (Å²) >= 11 is 0. The molecule has 0 fully saturated rings. The number of aryl methyl sites for hydroxylation is 1. The van der Waals surface area contributed by atoms with Crippen LogP contribution < -0.4 is 0 Å². The maximum Gasteiger partial charge on any atom is 0.338 e. The number of benzene rings is 1.